The molecule has 0 saturated heterocycles. The summed E-state index contributed by atoms with van der Waals surface area (Å²) >= 11 is 0. The number of pyridine rings is 1. The van der Waals surface area contributed by atoms with Crippen molar-refractivity contribution < 1.29 is 18.6 Å². The third kappa shape index (κ3) is 4.88. The highest BCUT2D eigenvalue weighted by Gasteiger charge is 2.08. The molecule has 0 unspecified atom stereocenters. The van der Waals surface area contributed by atoms with E-state index in [1.807, 2.05) is 30.3 Å². The topological polar surface area (TPSA) is 52.6 Å². The van der Waals surface area contributed by atoms with E-state index in [1.165, 1.54) is 19.2 Å². The smallest absolute Gasteiger partial charge is 0.162 e. The number of nitrogens with one attached hydrogen (secondary N) is 1. The van der Waals surface area contributed by atoms with Gasteiger partial charge in [0.1, 0.15) is 18.2 Å². The van der Waals surface area contributed by atoms with Crippen molar-refractivity contribution in [2.45, 2.75) is 13.2 Å². The second kappa shape index (κ2) is 8.89. The van der Waals surface area contributed by atoms with Crippen LogP contribution in [0.15, 0.2) is 60.9 Å². The molecule has 5 nitrogen and oxygen atoms in total. The van der Waals surface area contributed by atoms with E-state index in [-0.39, 0.29) is 5.82 Å². The molecule has 3 aromatic rings. The summed E-state index contributed by atoms with van der Waals surface area (Å²) in [5.41, 5.74) is 2.68. The first-order valence-corrected chi connectivity index (χ1v) is 8.45. The van der Waals surface area contributed by atoms with Crippen LogP contribution in [0.1, 0.15) is 11.1 Å². The SMILES string of the molecule is COc1cc(F)ccc1NCc1ccc(OC)c(OCc2cccnc2)c1. The third-order valence-electron chi connectivity index (χ3n) is 3.99. The molecular formula is C21H21FN2O3. The van der Waals surface area contributed by atoms with E-state index in [2.05, 4.69) is 10.3 Å². The van der Waals surface area contributed by atoms with Gasteiger partial charge < -0.3 is 19.5 Å². The molecule has 3 rings (SSSR count). The summed E-state index contributed by atoms with van der Waals surface area (Å²) in [7, 11) is 3.12. The van der Waals surface area contributed by atoms with Crippen LogP contribution in [0.4, 0.5) is 10.1 Å². The molecule has 1 N–H and O–H groups in total. The van der Waals surface area contributed by atoms with Gasteiger partial charge in [-0.25, -0.2) is 4.39 Å². The van der Waals surface area contributed by atoms with Crippen LogP contribution in [-0.2, 0) is 13.2 Å². The number of benzene rings is 2. The molecule has 0 spiro atoms. The van der Waals surface area contributed by atoms with Crippen molar-refractivity contribution in [3.05, 3.63) is 77.9 Å². The maximum Gasteiger partial charge on any atom is 0.162 e. The standard InChI is InChI=1S/C21H21FN2O3/c1-25-19-8-5-15(10-21(19)27-14-16-4-3-9-23-12-16)13-24-18-7-6-17(22)11-20(18)26-2/h3-12,24H,13-14H2,1-2H3. The van der Waals surface area contributed by atoms with Crippen molar-refractivity contribution in [3.8, 4) is 17.2 Å². The molecule has 0 atom stereocenters. The maximum atomic E-state index is 13.3. The second-order valence-corrected chi connectivity index (χ2v) is 5.83. The number of methoxy groups -OCH3 is 2. The lowest BCUT2D eigenvalue weighted by atomic mass is 10.2. The van der Waals surface area contributed by atoms with E-state index >= 15 is 0 Å². The molecule has 1 heterocycles. The monoisotopic (exact) mass is 368 g/mol. The van der Waals surface area contributed by atoms with Crippen LogP contribution in [0, 0.1) is 5.82 Å². The Bertz CT molecular complexity index is 888. The van der Waals surface area contributed by atoms with Crippen LogP contribution in [0.25, 0.3) is 0 Å². The first-order chi connectivity index (χ1) is 13.2. The zero-order valence-corrected chi connectivity index (χ0v) is 15.2. The Hall–Kier alpha value is -3.28. The minimum atomic E-state index is -0.340. The molecule has 0 aliphatic carbocycles. The van der Waals surface area contributed by atoms with Gasteiger partial charge in [0.25, 0.3) is 0 Å². The van der Waals surface area contributed by atoms with Crippen molar-refractivity contribution >= 4 is 5.69 Å². The Kier molecular flexibility index (Phi) is 6.10. The molecule has 0 radical (unpaired) electrons. The molecule has 0 aliphatic rings. The highest BCUT2D eigenvalue weighted by atomic mass is 19.1. The normalized spacial score (nSPS) is 10.3. The highest BCUT2D eigenvalue weighted by Crippen LogP contribution is 2.30. The Morgan fingerprint density at radius 2 is 1.78 bits per heavy atom. The number of aromatic nitrogens is 1. The summed E-state index contributed by atoms with van der Waals surface area (Å²) in [6.45, 7) is 0.919. The van der Waals surface area contributed by atoms with Gasteiger partial charge in [0, 0.05) is 30.6 Å². The molecule has 2 aromatic carbocycles. The van der Waals surface area contributed by atoms with E-state index in [0.29, 0.717) is 36.1 Å². The van der Waals surface area contributed by atoms with Crippen LogP contribution < -0.4 is 19.5 Å². The minimum Gasteiger partial charge on any atom is -0.494 e. The quantitative estimate of drug-likeness (QED) is 0.637. The zero-order chi connectivity index (χ0) is 19.1. The van der Waals surface area contributed by atoms with Gasteiger partial charge in [-0.05, 0) is 35.9 Å². The van der Waals surface area contributed by atoms with Crippen LogP contribution >= 0.6 is 0 Å². The van der Waals surface area contributed by atoms with Gasteiger partial charge in [0.2, 0.25) is 0 Å². The summed E-state index contributed by atoms with van der Waals surface area (Å²) in [5, 5.41) is 3.25. The molecule has 0 bridgehead atoms. The summed E-state index contributed by atoms with van der Waals surface area (Å²) in [6, 6.07) is 13.9. The van der Waals surface area contributed by atoms with Gasteiger partial charge in [0.05, 0.1) is 19.9 Å². The Balaban J connectivity index is 1.71. The maximum absolute atomic E-state index is 13.3. The van der Waals surface area contributed by atoms with Crippen molar-refractivity contribution in [1.29, 1.82) is 0 Å². The average Bonchev–Trinajstić information content (AvgIpc) is 2.72. The van der Waals surface area contributed by atoms with Crippen LogP contribution in [0.3, 0.4) is 0 Å². The van der Waals surface area contributed by atoms with Crippen molar-refractivity contribution in [2.24, 2.45) is 0 Å². The summed E-state index contributed by atoms with van der Waals surface area (Å²) in [6.07, 6.45) is 3.48. The largest absolute Gasteiger partial charge is 0.494 e. The number of nitrogens with zero attached hydrogens (tertiary/aromatic N) is 1. The summed E-state index contributed by atoms with van der Waals surface area (Å²) < 4.78 is 29.8. The van der Waals surface area contributed by atoms with E-state index in [0.717, 1.165) is 11.1 Å². The van der Waals surface area contributed by atoms with Gasteiger partial charge >= 0.3 is 0 Å². The summed E-state index contributed by atoms with van der Waals surface area (Å²) in [5.74, 6) is 1.42. The first-order valence-electron chi connectivity index (χ1n) is 8.45. The molecule has 0 fully saturated rings. The van der Waals surface area contributed by atoms with Gasteiger partial charge in [-0.1, -0.05) is 12.1 Å². The van der Waals surface area contributed by atoms with E-state index in [1.54, 1.807) is 25.6 Å². The van der Waals surface area contributed by atoms with Crippen LogP contribution in [0.2, 0.25) is 0 Å². The Morgan fingerprint density at radius 3 is 2.52 bits per heavy atom. The van der Waals surface area contributed by atoms with Crippen LogP contribution in [0.5, 0.6) is 17.2 Å². The number of hydrogen-bond acceptors (Lipinski definition) is 5. The number of ether oxygens (including phenoxy) is 3. The fourth-order valence-corrected chi connectivity index (χ4v) is 2.60. The fourth-order valence-electron chi connectivity index (χ4n) is 2.60. The summed E-state index contributed by atoms with van der Waals surface area (Å²) in [4.78, 5) is 4.08. The predicted octanol–water partition coefficient (Wildman–Crippen LogP) is 4.43. The highest BCUT2D eigenvalue weighted by molar-refractivity contribution is 5.57. The number of anilines is 1. The lowest BCUT2D eigenvalue weighted by molar-refractivity contribution is 0.284. The lowest BCUT2D eigenvalue weighted by Crippen LogP contribution is -2.03. The first kappa shape index (κ1) is 18.5. The molecule has 27 heavy (non-hydrogen) atoms. The molecule has 6 heteroatoms. The number of halogens is 1. The van der Waals surface area contributed by atoms with E-state index in [9.17, 15) is 4.39 Å². The lowest BCUT2D eigenvalue weighted by Gasteiger charge is -2.14. The minimum absolute atomic E-state index is 0.340. The van der Waals surface area contributed by atoms with Crippen molar-refractivity contribution in [3.63, 3.8) is 0 Å². The molecule has 1 aromatic heterocycles. The Morgan fingerprint density at radius 1 is 0.926 bits per heavy atom. The molecule has 0 saturated carbocycles. The van der Waals surface area contributed by atoms with Crippen molar-refractivity contribution in [2.75, 3.05) is 19.5 Å². The third-order valence-corrected chi connectivity index (χ3v) is 3.99. The number of hydrogen-bond donors (Lipinski definition) is 1. The Labute approximate surface area is 157 Å². The van der Waals surface area contributed by atoms with Gasteiger partial charge in [-0.2, -0.15) is 0 Å². The average molecular weight is 368 g/mol. The van der Waals surface area contributed by atoms with E-state index in [4.69, 9.17) is 14.2 Å². The molecule has 140 valence electrons. The van der Waals surface area contributed by atoms with Crippen molar-refractivity contribution in [1.82, 2.24) is 4.98 Å². The molecule has 0 aliphatic heterocycles. The molecular weight excluding hydrogens is 347 g/mol. The van der Waals surface area contributed by atoms with Gasteiger partial charge in [-0.15, -0.1) is 0 Å². The van der Waals surface area contributed by atoms with Gasteiger partial charge in [-0.3, -0.25) is 4.98 Å². The van der Waals surface area contributed by atoms with Gasteiger partial charge in [0.15, 0.2) is 11.5 Å². The fraction of sp³-hybridized carbons (Fsp3) is 0.190. The second-order valence-electron chi connectivity index (χ2n) is 5.83. The zero-order valence-electron chi connectivity index (χ0n) is 15.2. The number of rotatable bonds is 8. The predicted molar refractivity (Wildman–Crippen MR) is 102 cm³/mol. The molecule has 0 amide bonds. The van der Waals surface area contributed by atoms with Crippen LogP contribution in [-0.4, -0.2) is 19.2 Å². The van der Waals surface area contributed by atoms with E-state index < -0.39 is 0 Å².